The summed E-state index contributed by atoms with van der Waals surface area (Å²) in [7, 11) is 0. The second-order valence-electron chi connectivity index (χ2n) is 11.0. The molecule has 0 atom stereocenters. The van der Waals surface area contributed by atoms with E-state index in [1.165, 1.54) is 82.1 Å². The van der Waals surface area contributed by atoms with Crippen molar-refractivity contribution in [3.8, 4) is 11.4 Å². The minimum atomic E-state index is 1.21. The molecule has 7 aromatic carbocycles. The van der Waals surface area contributed by atoms with Gasteiger partial charge in [-0.3, -0.25) is 0 Å². The van der Waals surface area contributed by atoms with Gasteiger partial charge in [0.1, 0.15) is 0 Å². The minimum absolute atomic E-state index is 1.21. The maximum Gasteiger partial charge on any atom is 0.0570 e. The second-order valence-corrected chi connectivity index (χ2v) is 11.0. The maximum absolute atomic E-state index is 2.49. The van der Waals surface area contributed by atoms with E-state index in [9.17, 15) is 0 Å². The first kappa shape index (κ1) is 22.5. The minimum Gasteiger partial charge on any atom is -0.309 e. The first-order valence-corrected chi connectivity index (χ1v) is 14.2. The van der Waals surface area contributed by atoms with Crippen molar-refractivity contribution in [2.75, 3.05) is 0 Å². The third kappa shape index (κ3) is 3.07. The Morgan fingerprint density at radius 1 is 0.366 bits per heavy atom. The van der Waals surface area contributed by atoms with Gasteiger partial charge in [0.2, 0.25) is 0 Å². The number of hydrogen-bond acceptors (Lipinski definition) is 0. The van der Waals surface area contributed by atoms with Crippen LogP contribution in [-0.4, -0.2) is 9.13 Å². The fourth-order valence-electron chi connectivity index (χ4n) is 7.01. The highest BCUT2D eigenvalue weighted by Crippen LogP contribution is 2.42. The molecule has 0 saturated carbocycles. The molecular formula is C39H26N2. The van der Waals surface area contributed by atoms with Crippen molar-refractivity contribution in [2.45, 2.75) is 6.92 Å². The van der Waals surface area contributed by atoms with E-state index in [4.69, 9.17) is 0 Å². The average Bonchev–Trinajstić information content (AvgIpc) is 3.52. The standard InChI is InChI=1S/C39H26N2/c1-25-11-8-19-31-33-24-37-32(23-38(33)41(39(25)31)35-22-10-15-27-13-3-5-17-29(27)35)30-18-6-7-20-36(30)40(37)34-21-9-14-26-12-2-4-16-28(26)34/h2-24H,1H3. The molecule has 0 bridgehead atoms. The van der Waals surface area contributed by atoms with Gasteiger partial charge < -0.3 is 9.13 Å². The van der Waals surface area contributed by atoms with E-state index in [1.807, 2.05) is 0 Å². The summed E-state index contributed by atoms with van der Waals surface area (Å²) in [5.74, 6) is 0. The Morgan fingerprint density at radius 2 is 0.854 bits per heavy atom. The fraction of sp³-hybridized carbons (Fsp3) is 0.0256. The summed E-state index contributed by atoms with van der Waals surface area (Å²) in [4.78, 5) is 0. The molecule has 0 radical (unpaired) electrons. The summed E-state index contributed by atoms with van der Waals surface area (Å²) in [6, 6.07) is 51.0. The van der Waals surface area contributed by atoms with E-state index in [2.05, 4.69) is 156 Å². The van der Waals surface area contributed by atoms with Crippen molar-refractivity contribution in [3.05, 3.63) is 145 Å². The lowest BCUT2D eigenvalue weighted by Gasteiger charge is -2.13. The molecule has 41 heavy (non-hydrogen) atoms. The van der Waals surface area contributed by atoms with Gasteiger partial charge in [0, 0.05) is 32.3 Å². The van der Waals surface area contributed by atoms with Crippen molar-refractivity contribution in [1.82, 2.24) is 9.13 Å². The second kappa shape index (κ2) is 8.33. The van der Waals surface area contributed by atoms with Gasteiger partial charge >= 0.3 is 0 Å². The lowest BCUT2D eigenvalue weighted by atomic mass is 10.1. The quantitative estimate of drug-likeness (QED) is 0.214. The van der Waals surface area contributed by atoms with Crippen LogP contribution in [0.1, 0.15) is 5.56 Å². The average molecular weight is 523 g/mol. The van der Waals surface area contributed by atoms with E-state index in [0.29, 0.717) is 0 Å². The normalized spacial score (nSPS) is 12.0. The van der Waals surface area contributed by atoms with E-state index in [1.54, 1.807) is 0 Å². The van der Waals surface area contributed by atoms with E-state index in [-0.39, 0.29) is 0 Å². The number of aryl methyl sites for hydroxylation is 1. The highest BCUT2D eigenvalue weighted by molar-refractivity contribution is 6.20. The zero-order valence-corrected chi connectivity index (χ0v) is 22.7. The SMILES string of the molecule is Cc1cccc2c3cc4c(cc3n(-c3cccc5ccccc35)c12)c1ccccc1n4-c1cccc2ccccc12. The van der Waals surface area contributed by atoms with Gasteiger partial charge in [-0.1, -0.05) is 109 Å². The smallest absolute Gasteiger partial charge is 0.0570 e. The molecule has 2 heterocycles. The monoisotopic (exact) mass is 522 g/mol. The molecule has 2 aromatic heterocycles. The molecule has 9 aromatic rings. The molecule has 9 rings (SSSR count). The lowest BCUT2D eigenvalue weighted by molar-refractivity contribution is 1.18. The zero-order chi connectivity index (χ0) is 27.1. The third-order valence-electron chi connectivity index (χ3n) is 8.80. The van der Waals surface area contributed by atoms with Crippen molar-refractivity contribution in [2.24, 2.45) is 0 Å². The van der Waals surface area contributed by atoms with E-state index in [0.717, 1.165) is 0 Å². The highest BCUT2D eigenvalue weighted by atomic mass is 15.0. The predicted molar refractivity (Wildman–Crippen MR) is 175 cm³/mol. The van der Waals surface area contributed by atoms with Crippen molar-refractivity contribution in [3.63, 3.8) is 0 Å². The third-order valence-corrected chi connectivity index (χ3v) is 8.80. The Kier molecular flexibility index (Phi) is 4.57. The molecule has 0 N–H and O–H groups in total. The molecule has 2 heteroatoms. The van der Waals surface area contributed by atoms with Gasteiger partial charge in [-0.25, -0.2) is 0 Å². The topological polar surface area (TPSA) is 9.86 Å². The number of benzene rings is 7. The van der Waals surface area contributed by atoms with Crippen molar-refractivity contribution < 1.29 is 0 Å². The van der Waals surface area contributed by atoms with Crippen molar-refractivity contribution in [1.29, 1.82) is 0 Å². The summed E-state index contributed by atoms with van der Waals surface area (Å²) >= 11 is 0. The van der Waals surface area contributed by atoms with Gasteiger partial charge in [0.15, 0.2) is 0 Å². The van der Waals surface area contributed by atoms with Crippen LogP contribution >= 0.6 is 0 Å². The lowest BCUT2D eigenvalue weighted by Crippen LogP contribution is -1.97. The fourth-order valence-corrected chi connectivity index (χ4v) is 7.01. The van der Waals surface area contributed by atoms with Gasteiger partial charge in [0.05, 0.1) is 33.4 Å². The number of fused-ring (bicyclic) bond motifs is 8. The Hall–Kier alpha value is -5.34. The summed E-state index contributed by atoms with van der Waals surface area (Å²) in [5.41, 5.74) is 8.67. The maximum atomic E-state index is 2.49. The van der Waals surface area contributed by atoms with Crippen LogP contribution in [0.3, 0.4) is 0 Å². The summed E-state index contributed by atoms with van der Waals surface area (Å²) < 4.78 is 4.95. The number of nitrogens with zero attached hydrogens (tertiary/aromatic N) is 2. The molecule has 0 saturated heterocycles. The first-order chi connectivity index (χ1) is 20.3. The molecule has 2 nitrogen and oxygen atoms in total. The molecule has 0 spiro atoms. The van der Waals surface area contributed by atoms with Crippen molar-refractivity contribution >= 4 is 65.2 Å². The van der Waals surface area contributed by atoms with Crippen LogP contribution in [0.25, 0.3) is 76.5 Å². The summed E-state index contributed by atoms with van der Waals surface area (Å²) in [6.45, 7) is 2.23. The van der Waals surface area contributed by atoms with Crippen LogP contribution in [0, 0.1) is 6.92 Å². The Balaban J connectivity index is 1.49. The van der Waals surface area contributed by atoms with Crippen LogP contribution in [0.4, 0.5) is 0 Å². The molecule has 0 aliphatic carbocycles. The van der Waals surface area contributed by atoms with E-state index >= 15 is 0 Å². The Morgan fingerprint density at radius 3 is 1.56 bits per heavy atom. The molecule has 0 aliphatic rings. The number of rotatable bonds is 2. The zero-order valence-electron chi connectivity index (χ0n) is 22.7. The molecule has 0 unspecified atom stereocenters. The number of para-hydroxylation sites is 2. The van der Waals surface area contributed by atoms with Gasteiger partial charge in [0.25, 0.3) is 0 Å². The Bertz CT molecular complexity index is 2480. The van der Waals surface area contributed by atoms with Crippen LogP contribution in [0.2, 0.25) is 0 Å². The van der Waals surface area contributed by atoms with Crippen LogP contribution in [0.15, 0.2) is 140 Å². The molecule has 0 fully saturated rings. The van der Waals surface area contributed by atoms with E-state index < -0.39 is 0 Å². The van der Waals surface area contributed by atoms with Crippen LogP contribution < -0.4 is 0 Å². The molecule has 0 aliphatic heterocycles. The summed E-state index contributed by atoms with van der Waals surface area (Å²) in [5, 5.41) is 10.1. The molecular weight excluding hydrogens is 496 g/mol. The van der Waals surface area contributed by atoms with Crippen LogP contribution in [-0.2, 0) is 0 Å². The number of hydrogen-bond donors (Lipinski definition) is 0. The van der Waals surface area contributed by atoms with Gasteiger partial charge in [-0.05, 0) is 53.6 Å². The molecule has 0 amide bonds. The first-order valence-electron chi connectivity index (χ1n) is 14.2. The highest BCUT2D eigenvalue weighted by Gasteiger charge is 2.20. The summed E-state index contributed by atoms with van der Waals surface area (Å²) in [6.07, 6.45) is 0. The largest absolute Gasteiger partial charge is 0.309 e. The predicted octanol–water partition coefficient (Wildman–Crippen LogP) is 10.5. The van der Waals surface area contributed by atoms with Gasteiger partial charge in [-0.2, -0.15) is 0 Å². The number of aromatic nitrogens is 2. The van der Waals surface area contributed by atoms with Gasteiger partial charge in [-0.15, -0.1) is 0 Å². The Labute approximate surface area is 237 Å². The molecule has 192 valence electrons. The van der Waals surface area contributed by atoms with Crippen LogP contribution in [0.5, 0.6) is 0 Å².